The average molecular weight is 445 g/mol. The van der Waals surface area contributed by atoms with Crippen molar-refractivity contribution in [1.82, 2.24) is 25.1 Å². The van der Waals surface area contributed by atoms with E-state index < -0.39 is 30.1 Å². The maximum atomic E-state index is 13.4. The van der Waals surface area contributed by atoms with Gasteiger partial charge in [-0.25, -0.2) is 4.98 Å². The molecule has 166 valence electrons. The predicted molar refractivity (Wildman–Crippen MR) is 97.1 cm³/mol. The van der Waals surface area contributed by atoms with Gasteiger partial charge in [0, 0.05) is 12.3 Å². The number of nitrogens with one attached hydrogen (secondary N) is 1. The minimum Gasteiger partial charge on any atom is -0.474 e. The lowest BCUT2D eigenvalue weighted by Crippen LogP contribution is -2.32. The maximum absolute atomic E-state index is 13.4. The number of alkyl halides is 6. The summed E-state index contributed by atoms with van der Waals surface area (Å²) in [6, 6.07) is 2.71. The van der Waals surface area contributed by atoms with E-state index in [4.69, 9.17) is 4.74 Å². The monoisotopic (exact) mass is 445 g/mol. The number of nitrogens with zero attached hydrogens (tertiary/aromatic N) is 4. The molecule has 1 aliphatic rings. The molecule has 12 heteroatoms. The average Bonchev–Trinajstić information content (AvgIpc) is 3.10. The fourth-order valence-corrected chi connectivity index (χ4v) is 3.77. The largest absolute Gasteiger partial charge is 0.474 e. The predicted octanol–water partition coefficient (Wildman–Crippen LogP) is 5.24. The third kappa shape index (κ3) is 4.42. The molecule has 6 nitrogen and oxygen atoms in total. The van der Waals surface area contributed by atoms with Crippen molar-refractivity contribution in [2.75, 3.05) is 0 Å². The first kappa shape index (κ1) is 21.3. The number of halogens is 6. The highest BCUT2D eigenvalue weighted by Crippen LogP contribution is 2.39. The standard InChI is InChI=1S/C19H17F6N5O/c1-9-27-13(16-15-12(29-30-16)6-7-26-17(15)19(23,24)25)8-14(28-9)31-11-4-2-10(3-5-11)18(20,21)22/h6-8,10-11H,2-5H2,1H3,(H,29,30). The molecule has 1 aliphatic carbocycles. The van der Waals surface area contributed by atoms with Gasteiger partial charge in [0.2, 0.25) is 5.88 Å². The molecule has 1 fully saturated rings. The van der Waals surface area contributed by atoms with Crippen LogP contribution in [0.2, 0.25) is 0 Å². The highest BCUT2D eigenvalue weighted by atomic mass is 19.4. The molecule has 0 aromatic carbocycles. The Bertz CT molecular complexity index is 1090. The Hall–Kier alpha value is -2.92. The molecular formula is C19H17F6N5O. The quantitative estimate of drug-likeness (QED) is 0.558. The molecular weight excluding hydrogens is 428 g/mol. The van der Waals surface area contributed by atoms with Gasteiger partial charge >= 0.3 is 12.4 Å². The molecule has 3 aromatic heterocycles. The third-order valence-electron chi connectivity index (χ3n) is 5.23. The molecule has 0 spiro atoms. The van der Waals surface area contributed by atoms with Crippen LogP contribution in [-0.2, 0) is 6.18 Å². The maximum Gasteiger partial charge on any atom is 0.434 e. The number of hydrogen-bond donors (Lipinski definition) is 1. The van der Waals surface area contributed by atoms with Crippen LogP contribution in [0, 0.1) is 12.8 Å². The highest BCUT2D eigenvalue weighted by molar-refractivity contribution is 5.94. The van der Waals surface area contributed by atoms with Crippen molar-refractivity contribution in [3.05, 3.63) is 29.8 Å². The number of fused-ring (bicyclic) bond motifs is 1. The van der Waals surface area contributed by atoms with Crippen LogP contribution in [0.4, 0.5) is 26.3 Å². The summed E-state index contributed by atoms with van der Waals surface area (Å²) in [6.45, 7) is 1.54. The topological polar surface area (TPSA) is 76.6 Å². The van der Waals surface area contributed by atoms with E-state index in [-0.39, 0.29) is 59.7 Å². The fraction of sp³-hybridized carbons (Fsp3) is 0.474. The van der Waals surface area contributed by atoms with Crippen molar-refractivity contribution in [3.63, 3.8) is 0 Å². The van der Waals surface area contributed by atoms with E-state index in [0.29, 0.717) is 0 Å². The van der Waals surface area contributed by atoms with Crippen molar-refractivity contribution in [2.45, 2.75) is 51.1 Å². The summed E-state index contributed by atoms with van der Waals surface area (Å²) < 4.78 is 84.6. The molecule has 0 bridgehead atoms. The minimum atomic E-state index is -4.70. The van der Waals surface area contributed by atoms with E-state index in [2.05, 4.69) is 25.1 Å². The molecule has 4 rings (SSSR count). The first-order valence-electron chi connectivity index (χ1n) is 9.52. The second-order valence-electron chi connectivity index (χ2n) is 7.42. The van der Waals surface area contributed by atoms with E-state index in [1.807, 2.05) is 0 Å². The Balaban J connectivity index is 1.63. The van der Waals surface area contributed by atoms with Gasteiger partial charge in [-0.2, -0.15) is 36.4 Å². The van der Waals surface area contributed by atoms with E-state index in [9.17, 15) is 26.3 Å². The molecule has 31 heavy (non-hydrogen) atoms. The van der Waals surface area contributed by atoms with Gasteiger partial charge in [-0.3, -0.25) is 10.1 Å². The Kier molecular flexibility index (Phi) is 5.26. The molecule has 3 heterocycles. The second-order valence-corrected chi connectivity index (χ2v) is 7.42. The number of ether oxygens (including phenoxy) is 1. The van der Waals surface area contributed by atoms with Gasteiger partial charge in [-0.15, -0.1) is 0 Å². The number of hydrogen-bond acceptors (Lipinski definition) is 5. The molecule has 0 saturated heterocycles. The number of aryl methyl sites for hydroxylation is 1. The van der Waals surface area contributed by atoms with Crippen molar-refractivity contribution in [2.24, 2.45) is 5.92 Å². The summed E-state index contributed by atoms with van der Waals surface area (Å²) in [4.78, 5) is 11.7. The molecule has 0 atom stereocenters. The normalized spacial score (nSPS) is 20.2. The van der Waals surface area contributed by atoms with Crippen LogP contribution in [0.25, 0.3) is 22.3 Å². The molecule has 0 radical (unpaired) electrons. The van der Waals surface area contributed by atoms with Gasteiger partial charge < -0.3 is 4.74 Å². The van der Waals surface area contributed by atoms with E-state index in [1.165, 1.54) is 19.1 Å². The van der Waals surface area contributed by atoms with Gasteiger partial charge in [0.1, 0.15) is 17.6 Å². The first-order chi connectivity index (χ1) is 14.5. The van der Waals surface area contributed by atoms with Gasteiger partial charge in [0.05, 0.1) is 22.5 Å². The zero-order valence-corrected chi connectivity index (χ0v) is 16.2. The first-order valence-corrected chi connectivity index (χ1v) is 9.52. The van der Waals surface area contributed by atoms with Crippen LogP contribution in [0.1, 0.15) is 37.2 Å². The summed E-state index contributed by atoms with van der Waals surface area (Å²) >= 11 is 0. The smallest absolute Gasteiger partial charge is 0.434 e. The van der Waals surface area contributed by atoms with E-state index in [1.54, 1.807) is 0 Å². The number of aromatic nitrogens is 5. The molecule has 0 aliphatic heterocycles. The second kappa shape index (κ2) is 7.65. The van der Waals surface area contributed by atoms with Gasteiger partial charge in [0.15, 0.2) is 5.69 Å². The van der Waals surface area contributed by atoms with Gasteiger partial charge in [-0.05, 0) is 38.7 Å². The summed E-state index contributed by atoms with van der Waals surface area (Å²) in [5.41, 5.74) is -0.928. The fourth-order valence-electron chi connectivity index (χ4n) is 3.77. The Labute approximate surface area is 172 Å². The van der Waals surface area contributed by atoms with Gasteiger partial charge in [-0.1, -0.05) is 0 Å². The molecule has 0 amide bonds. The van der Waals surface area contributed by atoms with Crippen molar-refractivity contribution < 1.29 is 31.1 Å². The molecule has 3 aromatic rings. The van der Waals surface area contributed by atoms with Crippen LogP contribution >= 0.6 is 0 Å². The van der Waals surface area contributed by atoms with Gasteiger partial charge in [0.25, 0.3) is 0 Å². The van der Waals surface area contributed by atoms with Crippen LogP contribution in [-0.4, -0.2) is 37.4 Å². The highest BCUT2D eigenvalue weighted by Gasteiger charge is 2.42. The minimum absolute atomic E-state index is 0.0459. The summed E-state index contributed by atoms with van der Waals surface area (Å²) in [5, 5.41) is 6.28. The van der Waals surface area contributed by atoms with Crippen molar-refractivity contribution in [3.8, 4) is 17.3 Å². The number of aromatic amines is 1. The zero-order chi connectivity index (χ0) is 22.4. The summed E-state index contributed by atoms with van der Waals surface area (Å²) in [5.74, 6) is -1.05. The van der Waals surface area contributed by atoms with Crippen LogP contribution in [0.15, 0.2) is 18.3 Å². The lowest BCUT2D eigenvalue weighted by Gasteiger charge is -2.29. The molecule has 1 saturated carbocycles. The van der Waals surface area contributed by atoms with Crippen molar-refractivity contribution in [1.29, 1.82) is 0 Å². The van der Waals surface area contributed by atoms with Crippen LogP contribution in [0.3, 0.4) is 0 Å². The summed E-state index contributed by atoms with van der Waals surface area (Å²) in [6.07, 6.45) is -8.04. The third-order valence-corrected chi connectivity index (χ3v) is 5.23. The molecule has 0 unspecified atom stereocenters. The van der Waals surface area contributed by atoms with Crippen molar-refractivity contribution >= 4 is 10.9 Å². The number of rotatable bonds is 3. The van der Waals surface area contributed by atoms with Crippen LogP contribution < -0.4 is 4.74 Å². The SMILES string of the molecule is Cc1nc(OC2CCC(C(F)(F)F)CC2)cc(-c2n[nH]c3ccnc(C(F)(F)F)c23)n1. The lowest BCUT2D eigenvalue weighted by atomic mass is 9.87. The van der Waals surface area contributed by atoms with Crippen LogP contribution in [0.5, 0.6) is 5.88 Å². The zero-order valence-electron chi connectivity index (χ0n) is 16.2. The lowest BCUT2D eigenvalue weighted by molar-refractivity contribution is -0.185. The van der Waals surface area contributed by atoms with E-state index in [0.717, 1.165) is 6.20 Å². The molecule has 1 N–H and O–H groups in total. The Morgan fingerprint density at radius 1 is 1.03 bits per heavy atom. The summed E-state index contributed by atoms with van der Waals surface area (Å²) in [7, 11) is 0. The van der Waals surface area contributed by atoms with E-state index >= 15 is 0 Å². The Morgan fingerprint density at radius 3 is 2.39 bits per heavy atom. The number of pyridine rings is 1. The number of H-pyrrole nitrogens is 1. The Morgan fingerprint density at radius 2 is 1.74 bits per heavy atom.